The van der Waals surface area contributed by atoms with E-state index in [1.807, 2.05) is 20.8 Å². The summed E-state index contributed by atoms with van der Waals surface area (Å²) in [6.07, 6.45) is 2.24. The van der Waals surface area contributed by atoms with Crippen molar-refractivity contribution in [2.75, 3.05) is 19.6 Å². The highest BCUT2D eigenvalue weighted by Gasteiger charge is 2.24. The lowest BCUT2D eigenvalue weighted by atomic mass is 9.98. The van der Waals surface area contributed by atoms with Gasteiger partial charge in [0.25, 0.3) is 11.8 Å². The molecule has 2 aromatic rings. The van der Waals surface area contributed by atoms with E-state index in [9.17, 15) is 23.5 Å². The van der Waals surface area contributed by atoms with Crippen LogP contribution in [0.3, 0.4) is 0 Å². The van der Waals surface area contributed by atoms with Crippen LogP contribution < -0.4 is 11.1 Å². The first kappa shape index (κ1) is 31.9. The molecule has 2 amide bonds. The Kier molecular flexibility index (Phi) is 13.0. The zero-order valence-electron chi connectivity index (χ0n) is 23.5. The Hall–Kier alpha value is -3.33. The second kappa shape index (κ2) is 15.9. The van der Waals surface area contributed by atoms with Crippen LogP contribution in [-0.2, 0) is 6.42 Å². The van der Waals surface area contributed by atoms with Crippen molar-refractivity contribution in [3.05, 3.63) is 70.3 Å². The molecule has 7 nitrogen and oxygen atoms in total. The largest absolute Gasteiger partial charge is 0.391 e. The van der Waals surface area contributed by atoms with Gasteiger partial charge in [-0.25, -0.2) is 8.78 Å². The number of carbonyl (C=O) groups is 2. The van der Waals surface area contributed by atoms with E-state index >= 15 is 0 Å². The van der Waals surface area contributed by atoms with E-state index in [2.05, 4.69) is 10.3 Å². The summed E-state index contributed by atoms with van der Waals surface area (Å²) in [5.41, 5.74) is 7.56. The van der Waals surface area contributed by atoms with Gasteiger partial charge in [0.05, 0.1) is 18.0 Å². The summed E-state index contributed by atoms with van der Waals surface area (Å²) in [5.74, 6) is -1.65. The number of amidine groups is 1. The van der Waals surface area contributed by atoms with Crippen molar-refractivity contribution in [2.24, 2.45) is 10.7 Å². The molecule has 4 N–H and O–H groups in total. The van der Waals surface area contributed by atoms with E-state index in [1.165, 1.54) is 12.1 Å². The fourth-order valence-corrected chi connectivity index (χ4v) is 4.47. The lowest BCUT2D eigenvalue weighted by Crippen LogP contribution is -2.45. The number of nitrogens with one attached hydrogen (secondary N) is 1. The van der Waals surface area contributed by atoms with Crippen LogP contribution in [0, 0.1) is 18.6 Å². The number of amides is 2. The summed E-state index contributed by atoms with van der Waals surface area (Å²) in [7, 11) is 0. The van der Waals surface area contributed by atoms with Gasteiger partial charge in [0.1, 0.15) is 11.6 Å². The second-order valence-corrected chi connectivity index (χ2v) is 9.92. The van der Waals surface area contributed by atoms with Crippen molar-refractivity contribution >= 4 is 17.6 Å². The van der Waals surface area contributed by atoms with Gasteiger partial charge in [-0.05, 0) is 80.5 Å². The minimum Gasteiger partial charge on any atom is -0.391 e. The standard InChI is InChI=1S/C30H42F2N4O3/c1-5-8-28(33)34-10-9-27(37)26(17-21-15-24(31)19-25(32)16-21)35-29(38)22-13-20(4)14-23(18-22)30(39)36(11-6-2)12-7-3/h13-16,18-19,26-27,37H,5-12,17H2,1-4H3,(H2,33,34)(H,35,38)/t26-,27-/m0/s1. The Morgan fingerprint density at radius 3 is 2.18 bits per heavy atom. The van der Waals surface area contributed by atoms with Crippen LogP contribution in [0.1, 0.15) is 84.7 Å². The van der Waals surface area contributed by atoms with Crippen LogP contribution in [0.4, 0.5) is 8.78 Å². The fraction of sp³-hybridized carbons (Fsp3) is 0.500. The molecular formula is C30H42F2N4O3. The Morgan fingerprint density at radius 2 is 1.59 bits per heavy atom. The number of aliphatic hydroxyl groups is 1. The number of carbonyl (C=O) groups excluding carboxylic acids is 2. The maximum absolute atomic E-state index is 13.9. The smallest absolute Gasteiger partial charge is 0.253 e. The molecule has 0 aromatic heterocycles. The number of halogens is 2. The van der Waals surface area contributed by atoms with Gasteiger partial charge in [0.15, 0.2) is 0 Å². The average molecular weight is 545 g/mol. The average Bonchev–Trinajstić information content (AvgIpc) is 2.86. The molecule has 0 unspecified atom stereocenters. The van der Waals surface area contributed by atoms with Crippen molar-refractivity contribution in [1.82, 2.24) is 10.2 Å². The number of nitrogens with two attached hydrogens (primary N) is 1. The molecule has 9 heteroatoms. The summed E-state index contributed by atoms with van der Waals surface area (Å²) < 4.78 is 27.7. The van der Waals surface area contributed by atoms with Gasteiger partial charge in [-0.1, -0.05) is 20.8 Å². The highest BCUT2D eigenvalue weighted by atomic mass is 19.1. The van der Waals surface area contributed by atoms with Crippen LogP contribution in [0.5, 0.6) is 0 Å². The molecule has 0 spiro atoms. The molecule has 0 aliphatic rings. The molecule has 0 saturated carbocycles. The van der Waals surface area contributed by atoms with Gasteiger partial charge in [-0.15, -0.1) is 0 Å². The number of aliphatic imine (C=N–C) groups is 1. The Balaban J connectivity index is 2.30. The van der Waals surface area contributed by atoms with Gasteiger partial charge in [-0.3, -0.25) is 14.6 Å². The Labute approximate surface area is 230 Å². The fourth-order valence-electron chi connectivity index (χ4n) is 4.47. The Morgan fingerprint density at radius 1 is 0.974 bits per heavy atom. The summed E-state index contributed by atoms with van der Waals surface area (Å²) in [4.78, 5) is 32.6. The molecule has 2 aromatic carbocycles. The number of aliphatic hydroxyl groups excluding tert-OH is 1. The molecule has 214 valence electrons. The van der Waals surface area contributed by atoms with E-state index in [4.69, 9.17) is 5.73 Å². The summed E-state index contributed by atoms with van der Waals surface area (Å²) >= 11 is 0. The van der Waals surface area contributed by atoms with Crippen LogP contribution in [0.15, 0.2) is 41.4 Å². The molecular weight excluding hydrogens is 502 g/mol. The molecule has 0 heterocycles. The third-order valence-electron chi connectivity index (χ3n) is 6.27. The van der Waals surface area contributed by atoms with E-state index < -0.39 is 29.7 Å². The van der Waals surface area contributed by atoms with Crippen LogP contribution in [0.2, 0.25) is 0 Å². The number of benzene rings is 2. The lowest BCUT2D eigenvalue weighted by molar-refractivity contribution is 0.0755. The third-order valence-corrected chi connectivity index (χ3v) is 6.27. The van der Waals surface area contributed by atoms with Crippen molar-refractivity contribution < 1.29 is 23.5 Å². The first-order valence-corrected chi connectivity index (χ1v) is 13.7. The molecule has 0 fully saturated rings. The van der Waals surface area contributed by atoms with Gasteiger partial charge >= 0.3 is 0 Å². The molecule has 2 rings (SSSR count). The van der Waals surface area contributed by atoms with E-state index in [1.54, 1.807) is 30.0 Å². The topological polar surface area (TPSA) is 108 Å². The van der Waals surface area contributed by atoms with Crippen molar-refractivity contribution in [2.45, 2.75) is 78.4 Å². The molecule has 0 saturated heterocycles. The number of rotatable bonds is 15. The highest BCUT2D eigenvalue weighted by molar-refractivity contribution is 6.00. The maximum Gasteiger partial charge on any atom is 0.253 e. The molecule has 2 atom stereocenters. The van der Waals surface area contributed by atoms with E-state index in [-0.39, 0.29) is 30.9 Å². The van der Waals surface area contributed by atoms with Gasteiger partial charge in [0.2, 0.25) is 0 Å². The maximum atomic E-state index is 13.9. The molecule has 0 aliphatic heterocycles. The van der Waals surface area contributed by atoms with E-state index in [0.29, 0.717) is 36.5 Å². The minimum atomic E-state index is -1.06. The third kappa shape index (κ3) is 10.4. The molecule has 0 radical (unpaired) electrons. The lowest BCUT2D eigenvalue weighted by Gasteiger charge is -2.25. The SMILES string of the molecule is CCCC(N)=NCC[C@H](O)[C@H](Cc1cc(F)cc(F)c1)NC(=O)c1cc(C)cc(C(=O)N(CCC)CCC)c1. The molecule has 39 heavy (non-hydrogen) atoms. The quantitative estimate of drug-likeness (QED) is 0.221. The first-order chi connectivity index (χ1) is 18.6. The number of nitrogens with zero attached hydrogens (tertiary/aromatic N) is 2. The minimum absolute atomic E-state index is 0.00583. The zero-order chi connectivity index (χ0) is 28.9. The summed E-state index contributed by atoms with van der Waals surface area (Å²) in [6.45, 7) is 9.27. The van der Waals surface area contributed by atoms with Gasteiger partial charge < -0.3 is 21.1 Å². The van der Waals surface area contributed by atoms with Crippen LogP contribution in [0.25, 0.3) is 0 Å². The first-order valence-electron chi connectivity index (χ1n) is 13.7. The number of hydrogen-bond donors (Lipinski definition) is 3. The monoisotopic (exact) mass is 544 g/mol. The second-order valence-electron chi connectivity index (χ2n) is 9.92. The normalized spacial score (nSPS) is 13.2. The van der Waals surface area contributed by atoms with E-state index in [0.717, 1.165) is 30.9 Å². The number of hydrogen-bond acceptors (Lipinski definition) is 4. The summed E-state index contributed by atoms with van der Waals surface area (Å²) in [6, 6.07) is 7.21. The Bertz CT molecular complexity index is 1110. The van der Waals surface area contributed by atoms with Crippen molar-refractivity contribution in [1.29, 1.82) is 0 Å². The predicted octanol–water partition coefficient (Wildman–Crippen LogP) is 4.78. The zero-order valence-corrected chi connectivity index (χ0v) is 23.5. The number of aryl methyl sites for hydroxylation is 1. The molecule has 0 aliphatic carbocycles. The van der Waals surface area contributed by atoms with Crippen molar-refractivity contribution in [3.63, 3.8) is 0 Å². The highest BCUT2D eigenvalue weighted by Crippen LogP contribution is 2.17. The van der Waals surface area contributed by atoms with Crippen LogP contribution in [-0.4, -0.2) is 59.4 Å². The molecule has 0 bridgehead atoms. The van der Waals surface area contributed by atoms with Crippen LogP contribution >= 0.6 is 0 Å². The van der Waals surface area contributed by atoms with Gasteiger partial charge in [0, 0.05) is 43.2 Å². The van der Waals surface area contributed by atoms with Crippen molar-refractivity contribution in [3.8, 4) is 0 Å². The predicted molar refractivity (Wildman–Crippen MR) is 151 cm³/mol. The van der Waals surface area contributed by atoms with Gasteiger partial charge in [-0.2, -0.15) is 0 Å². The summed E-state index contributed by atoms with van der Waals surface area (Å²) in [5, 5.41) is 13.8.